The van der Waals surface area contributed by atoms with Gasteiger partial charge in [-0.1, -0.05) is 31.7 Å². The second-order valence-electron chi connectivity index (χ2n) is 9.04. The summed E-state index contributed by atoms with van der Waals surface area (Å²) >= 11 is 0. The van der Waals surface area contributed by atoms with Gasteiger partial charge in [0.2, 0.25) is 0 Å². The second kappa shape index (κ2) is 11.5. The number of carbonyl (C=O) groups excluding carboxylic acids is 1. The van der Waals surface area contributed by atoms with E-state index in [1.165, 1.54) is 10.7 Å². The van der Waals surface area contributed by atoms with Gasteiger partial charge in [-0.15, -0.1) is 0 Å². The second-order valence-corrected chi connectivity index (χ2v) is 9.04. The number of halogens is 2. The quantitative estimate of drug-likeness (QED) is 0.414. The first-order valence-corrected chi connectivity index (χ1v) is 11.9. The lowest BCUT2D eigenvalue weighted by atomic mass is 9.94. The molecule has 1 fully saturated rings. The highest BCUT2D eigenvalue weighted by Gasteiger charge is 2.29. The van der Waals surface area contributed by atoms with E-state index in [-0.39, 0.29) is 30.4 Å². The van der Waals surface area contributed by atoms with Crippen LogP contribution in [0.4, 0.5) is 8.78 Å². The first kappa shape index (κ1) is 25.6. The molecule has 0 saturated heterocycles. The largest absolute Gasteiger partial charge is 0.449 e. The Morgan fingerprint density at radius 3 is 2.58 bits per heavy atom. The van der Waals surface area contributed by atoms with E-state index in [0.29, 0.717) is 12.1 Å². The monoisotopic (exact) mass is 502 g/mol. The number of hydrogen-bond acceptors (Lipinski definition) is 7. The van der Waals surface area contributed by atoms with Crippen LogP contribution in [0, 0.1) is 17.6 Å². The van der Waals surface area contributed by atoms with Crippen LogP contribution in [-0.4, -0.2) is 48.3 Å². The fraction of sp³-hybridized carbons (Fsp3) is 0.440. The standard InChI is InChI=1S/C25H28F2N4O5/c26-20-6-3-7-21(27)25(20)36-19-12-24(35)31(28-13-19)22(10-16-4-1-2-5-16)23(34)11-17-8-9-30(29-17)14-18(33)15-32/h3,6-9,12-13,16,18,22,32-33H,1-2,4-5,10-11,14-15H2/t18-,22?/m0/s1. The number of benzene rings is 1. The van der Waals surface area contributed by atoms with E-state index in [0.717, 1.165) is 54.8 Å². The van der Waals surface area contributed by atoms with E-state index in [2.05, 4.69) is 10.2 Å². The van der Waals surface area contributed by atoms with Crippen molar-refractivity contribution in [2.75, 3.05) is 6.61 Å². The predicted molar refractivity (Wildman–Crippen MR) is 125 cm³/mol. The summed E-state index contributed by atoms with van der Waals surface area (Å²) in [5, 5.41) is 27.0. The van der Waals surface area contributed by atoms with Crippen LogP contribution in [0.25, 0.3) is 0 Å². The number of para-hydroxylation sites is 1. The lowest BCUT2D eigenvalue weighted by molar-refractivity contribution is -0.122. The topological polar surface area (TPSA) is 119 Å². The SMILES string of the molecule is O=C(Cc1ccn(C[C@H](O)CO)n1)C(CC1CCCC1)n1ncc(Oc2c(F)cccc2F)cc1=O. The first-order valence-electron chi connectivity index (χ1n) is 11.9. The van der Waals surface area contributed by atoms with E-state index < -0.39 is 41.7 Å². The van der Waals surface area contributed by atoms with Crippen molar-refractivity contribution in [1.82, 2.24) is 19.6 Å². The molecule has 0 bridgehead atoms. The molecular formula is C25H28F2N4O5. The molecule has 1 aliphatic rings. The Kier molecular flexibility index (Phi) is 8.21. The van der Waals surface area contributed by atoms with Crippen LogP contribution in [0.2, 0.25) is 0 Å². The van der Waals surface area contributed by atoms with Gasteiger partial charge in [-0.25, -0.2) is 13.5 Å². The number of nitrogens with zero attached hydrogens (tertiary/aromatic N) is 4. The number of rotatable bonds is 11. The van der Waals surface area contributed by atoms with Crippen molar-refractivity contribution in [3.05, 3.63) is 70.4 Å². The van der Waals surface area contributed by atoms with Gasteiger partial charge in [-0.3, -0.25) is 14.3 Å². The summed E-state index contributed by atoms with van der Waals surface area (Å²) in [6.45, 7) is -0.323. The number of aromatic nitrogens is 4. The summed E-state index contributed by atoms with van der Waals surface area (Å²) in [5.41, 5.74) is -0.165. The van der Waals surface area contributed by atoms with Crippen molar-refractivity contribution in [3.8, 4) is 11.5 Å². The number of hydrogen-bond donors (Lipinski definition) is 2. The lowest BCUT2D eigenvalue weighted by Crippen LogP contribution is -2.33. The zero-order chi connectivity index (χ0) is 25.7. The van der Waals surface area contributed by atoms with Crippen molar-refractivity contribution in [1.29, 1.82) is 0 Å². The van der Waals surface area contributed by atoms with Gasteiger partial charge < -0.3 is 14.9 Å². The van der Waals surface area contributed by atoms with E-state index in [4.69, 9.17) is 9.84 Å². The number of aliphatic hydroxyl groups excluding tert-OH is 2. The van der Waals surface area contributed by atoms with Crippen LogP contribution < -0.4 is 10.3 Å². The maximum atomic E-state index is 13.9. The summed E-state index contributed by atoms with van der Waals surface area (Å²) in [7, 11) is 0. The fourth-order valence-electron chi connectivity index (χ4n) is 4.49. The molecule has 0 radical (unpaired) electrons. The molecule has 3 aromatic rings. The Hall–Kier alpha value is -3.44. The Labute approximate surface area is 206 Å². The molecule has 1 unspecified atom stereocenters. The Morgan fingerprint density at radius 1 is 1.19 bits per heavy atom. The number of ketones is 1. The van der Waals surface area contributed by atoms with Gasteiger partial charge in [0.1, 0.15) is 6.04 Å². The third-order valence-corrected chi connectivity index (χ3v) is 6.30. The van der Waals surface area contributed by atoms with Crippen LogP contribution in [0.3, 0.4) is 0 Å². The normalized spacial score (nSPS) is 15.7. The van der Waals surface area contributed by atoms with Crippen LogP contribution in [-0.2, 0) is 17.8 Å². The molecule has 4 rings (SSSR count). The van der Waals surface area contributed by atoms with Gasteiger partial charge in [-0.05, 0) is 30.5 Å². The Bertz CT molecular complexity index is 1230. The molecule has 2 N–H and O–H groups in total. The zero-order valence-corrected chi connectivity index (χ0v) is 19.6. The molecular weight excluding hydrogens is 474 g/mol. The number of carbonyl (C=O) groups is 1. The van der Waals surface area contributed by atoms with Gasteiger partial charge >= 0.3 is 0 Å². The van der Waals surface area contributed by atoms with Crippen LogP contribution in [0.1, 0.15) is 43.8 Å². The van der Waals surface area contributed by atoms with Gasteiger partial charge in [0.05, 0.1) is 37.6 Å². The zero-order valence-electron chi connectivity index (χ0n) is 19.6. The summed E-state index contributed by atoms with van der Waals surface area (Å²) in [6, 6.07) is 5.13. The number of ether oxygens (including phenoxy) is 1. The molecule has 1 aliphatic carbocycles. The predicted octanol–water partition coefficient (Wildman–Crippen LogP) is 2.80. The molecule has 2 heterocycles. The maximum Gasteiger partial charge on any atom is 0.271 e. The maximum absolute atomic E-state index is 13.9. The highest BCUT2D eigenvalue weighted by molar-refractivity contribution is 5.84. The third-order valence-electron chi connectivity index (χ3n) is 6.30. The first-order chi connectivity index (χ1) is 17.3. The van der Waals surface area contributed by atoms with Crippen molar-refractivity contribution < 1.29 is 28.5 Å². The molecule has 192 valence electrons. The molecule has 36 heavy (non-hydrogen) atoms. The van der Waals surface area contributed by atoms with E-state index >= 15 is 0 Å². The van der Waals surface area contributed by atoms with Gasteiger partial charge in [0.15, 0.2) is 28.9 Å². The van der Waals surface area contributed by atoms with Crippen LogP contribution >= 0.6 is 0 Å². The molecule has 0 spiro atoms. The number of aliphatic hydroxyl groups is 2. The molecule has 2 aromatic heterocycles. The molecule has 0 aliphatic heterocycles. The minimum absolute atomic E-state index is 0.0492. The molecule has 1 aromatic carbocycles. The van der Waals surface area contributed by atoms with Gasteiger partial charge in [0.25, 0.3) is 5.56 Å². The lowest BCUT2D eigenvalue weighted by Gasteiger charge is -2.21. The van der Waals surface area contributed by atoms with E-state index in [1.807, 2.05) is 0 Å². The fourth-order valence-corrected chi connectivity index (χ4v) is 4.49. The highest BCUT2D eigenvalue weighted by Crippen LogP contribution is 2.32. The highest BCUT2D eigenvalue weighted by atomic mass is 19.1. The van der Waals surface area contributed by atoms with E-state index in [1.54, 1.807) is 12.3 Å². The molecule has 1 saturated carbocycles. The Morgan fingerprint density at radius 2 is 1.92 bits per heavy atom. The summed E-state index contributed by atoms with van der Waals surface area (Å²) < 4.78 is 35.6. The average Bonchev–Trinajstić information content (AvgIpc) is 3.52. The summed E-state index contributed by atoms with van der Waals surface area (Å²) in [4.78, 5) is 26.3. The summed E-state index contributed by atoms with van der Waals surface area (Å²) in [5.74, 6) is -2.60. The number of Topliss-reactive ketones (excluding diaryl/α,β-unsaturated/α-hetero) is 1. The van der Waals surface area contributed by atoms with Gasteiger partial charge in [0, 0.05) is 12.3 Å². The van der Waals surface area contributed by atoms with E-state index in [9.17, 15) is 23.5 Å². The van der Waals surface area contributed by atoms with Crippen LogP contribution in [0.15, 0.2) is 47.5 Å². The van der Waals surface area contributed by atoms with Crippen molar-refractivity contribution in [3.63, 3.8) is 0 Å². The van der Waals surface area contributed by atoms with Gasteiger partial charge in [-0.2, -0.15) is 10.2 Å². The summed E-state index contributed by atoms with van der Waals surface area (Å²) in [6.07, 6.45) is 6.23. The van der Waals surface area contributed by atoms with Crippen molar-refractivity contribution in [2.45, 2.75) is 57.2 Å². The smallest absolute Gasteiger partial charge is 0.271 e. The van der Waals surface area contributed by atoms with Crippen molar-refractivity contribution >= 4 is 5.78 Å². The van der Waals surface area contributed by atoms with Crippen molar-refractivity contribution in [2.24, 2.45) is 5.92 Å². The minimum atomic E-state index is -0.968. The molecule has 9 nitrogen and oxygen atoms in total. The van der Waals surface area contributed by atoms with Crippen LogP contribution in [0.5, 0.6) is 11.5 Å². The molecule has 11 heteroatoms. The average molecular weight is 503 g/mol. The Balaban J connectivity index is 1.55. The molecule has 2 atom stereocenters. The molecule has 0 amide bonds. The minimum Gasteiger partial charge on any atom is -0.449 e. The third kappa shape index (κ3) is 6.21.